The summed E-state index contributed by atoms with van der Waals surface area (Å²) >= 11 is 0. The van der Waals surface area contributed by atoms with Gasteiger partial charge in [-0.3, -0.25) is 9.59 Å². The molecule has 0 radical (unpaired) electrons. The summed E-state index contributed by atoms with van der Waals surface area (Å²) in [5.41, 5.74) is 3.63. The Bertz CT molecular complexity index is 519. The minimum absolute atomic E-state index is 0.0438. The van der Waals surface area contributed by atoms with Gasteiger partial charge in [0.1, 0.15) is 0 Å². The smallest absolute Gasteiger partial charge is 0.308 e. The van der Waals surface area contributed by atoms with Crippen LogP contribution in [0.4, 0.5) is 0 Å². The zero-order valence-corrected chi connectivity index (χ0v) is 11.6. The van der Waals surface area contributed by atoms with E-state index >= 15 is 0 Å². The summed E-state index contributed by atoms with van der Waals surface area (Å²) < 4.78 is 2.13. The van der Waals surface area contributed by atoms with Gasteiger partial charge in [-0.25, -0.2) is 0 Å². The summed E-state index contributed by atoms with van der Waals surface area (Å²) in [4.78, 5) is 24.3. The third kappa shape index (κ3) is 2.64. The highest BCUT2D eigenvalue weighted by molar-refractivity contribution is 5.86. The van der Waals surface area contributed by atoms with Crippen molar-refractivity contribution >= 4 is 11.9 Å². The normalized spacial score (nSPS) is 19.2. The van der Waals surface area contributed by atoms with Gasteiger partial charge in [0.15, 0.2) is 0 Å². The van der Waals surface area contributed by atoms with E-state index in [4.69, 9.17) is 5.11 Å². The zero-order chi connectivity index (χ0) is 14.2. The minimum atomic E-state index is -0.873. The molecular formula is C14H20N2O3. The van der Waals surface area contributed by atoms with E-state index in [1.54, 1.807) is 4.90 Å². The Kier molecular flexibility index (Phi) is 3.64. The van der Waals surface area contributed by atoms with Gasteiger partial charge in [0.05, 0.1) is 5.92 Å². The minimum Gasteiger partial charge on any atom is -0.481 e. The topological polar surface area (TPSA) is 62.5 Å². The number of carboxylic acid groups (broad SMARTS) is 1. The summed E-state index contributed by atoms with van der Waals surface area (Å²) in [7, 11) is 2.02. The van der Waals surface area contributed by atoms with Crippen molar-refractivity contribution in [3.8, 4) is 0 Å². The van der Waals surface area contributed by atoms with E-state index in [1.807, 2.05) is 7.05 Å². The molecule has 1 amide bonds. The number of aliphatic carboxylic acids is 1. The van der Waals surface area contributed by atoms with Crippen LogP contribution in [0.2, 0.25) is 0 Å². The van der Waals surface area contributed by atoms with E-state index in [1.165, 1.54) is 17.0 Å². The van der Waals surface area contributed by atoms with Crippen LogP contribution in [-0.2, 0) is 23.1 Å². The molecule has 1 saturated heterocycles. The summed E-state index contributed by atoms with van der Waals surface area (Å²) in [6, 6.07) is 2.13. The first-order valence-electron chi connectivity index (χ1n) is 6.52. The molecule has 19 heavy (non-hydrogen) atoms. The van der Waals surface area contributed by atoms with Crippen LogP contribution in [-0.4, -0.2) is 39.5 Å². The number of aromatic nitrogens is 1. The Morgan fingerprint density at radius 3 is 2.63 bits per heavy atom. The van der Waals surface area contributed by atoms with Crippen molar-refractivity contribution in [2.24, 2.45) is 13.0 Å². The van der Waals surface area contributed by atoms with Crippen LogP contribution in [0.5, 0.6) is 0 Å². The molecule has 0 saturated carbocycles. The van der Waals surface area contributed by atoms with Gasteiger partial charge in [0.25, 0.3) is 0 Å². The van der Waals surface area contributed by atoms with E-state index in [9.17, 15) is 9.59 Å². The maximum absolute atomic E-state index is 11.7. The molecule has 1 unspecified atom stereocenters. The van der Waals surface area contributed by atoms with Crippen LogP contribution in [0.25, 0.3) is 0 Å². The van der Waals surface area contributed by atoms with E-state index in [0.717, 1.165) is 6.42 Å². The third-order valence-corrected chi connectivity index (χ3v) is 4.09. The fourth-order valence-corrected chi connectivity index (χ4v) is 2.60. The molecule has 0 bridgehead atoms. The molecule has 0 spiro atoms. The van der Waals surface area contributed by atoms with Gasteiger partial charge in [-0.1, -0.05) is 0 Å². The van der Waals surface area contributed by atoms with E-state index in [2.05, 4.69) is 24.5 Å². The number of nitrogens with zero attached hydrogens (tertiary/aromatic N) is 2. The molecule has 1 fully saturated rings. The SMILES string of the molecule is Cc1cc(CCN2CC(C(=O)O)CC2=O)c(C)n1C. The number of carbonyl (C=O) groups is 2. The molecule has 1 aromatic heterocycles. The Morgan fingerprint density at radius 2 is 2.16 bits per heavy atom. The lowest BCUT2D eigenvalue weighted by molar-refractivity contribution is -0.141. The van der Waals surface area contributed by atoms with E-state index < -0.39 is 11.9 Å². The summed E-state index contributed by atoms with van der Waals surface area (Å²) in [5.74, 6) is -1.45. The molecular weight excluding hydrogens is 244 g/mol. The van der Waals surface area contributed by atoms with Crippen molar-refractivity contribution in [2.75, 3.05) is 13.1 Å². The first-order valence-corrected chi connectivity index (χ1v) is 6.52. The Morgan fingerprint density at radius 1 is 1.47 bits per heavy atom. The Balaban J connectivity index is 1.98. The zero-order valence-electron chi connectivity index (χ0n) is 11.6. The number of carbonyl (C=O) groups excluding carboxylic acids is 1. The van der Waals surface area contributed by atoms with Gasteiger partial charge in [-0.2, -0.15) is 0 Å². The lowest BCUT2D eigenvalue weighted by atomic mass is 10.1. The first kappa shape index (κ1) is 13.6. The Labute approximate surface area is 112 Å². The second kappa shape index (κ2) is 5.07. The monoisotopic (exact) mass is 264 g/mol. The van der Waals surface area contributed by atoms with Gasteiger partial charge in [-0.05, 0) is 31.9 Å². The first-order chi connectivity index (χ1) is 8.90. The van der Waals surface area contributed by atoms with Gasteiger partial charge in [0.2, 0.25) is 5.91 Å². The van der Waals surface area contributed by atoms with Crippen molar-refractivity contribution in [3.05, 3.63) is 23.0 Å². The van der Waals surface area contributed by atoms with Crippen molar-refractivity contribution < 1.29 is 14.7 Å². The van der Waals surface area contributed by atoms with E-state index in [-0.39, 0.29) is 12.3 Å². The predicted molar refractivity (Wildman–Crippen MR) is 70.9 cm³/mol. The molecule has 104 valence electrons. The van der Waals surface area contributed by atoms with Crippen LogP contribution >= 0.6 is 0 Å². The van der Waals surface area contributed by atoms with Crippen LogP contribution in [0, 0.1) is 19.8 Å². The number of carboxylic acids is 1. The standard InChI is InChI=1S/C14H20N2O3/c1-9-6-11(10(2)15(9)3)4-5-16-8-12(14(18)19)7-13(16)17/h6,12H,4-5,7-8H2,1-3H3,(H,18,19). The number of amides is 1. The molecule has 5 heteroatoms. The molecule has 2 rings (SSSR count). The molecule has 1 aromatic rings. The quantitative estimate of drug-likeness (QED) is 0.886. The molecule has 1 atom stereocenters. The summed E-state index contributed by atoms with van der Waals surface area (Å²) in [6.45, 7) is 5.07. The highest BCUT2D eigenvalue weighted by Crippen LogP contribution is 2.20. The maximum Gasteiger partial charge on any atom is 0.308 e. The molecule has 1 aliphatic rings. The van der Waals surface area contributed by atoms with Gasteiger partial charge < -0.3 is 14.6 Å². The van der Waals surface area contributed by atoms with Crippen molar-refractivity contribution in [2.45, 2.75) is 26.7 Å². The fourth-order valence-electron chi connectivity index (χ4n) is 2.60. The van der Waals surface area contributed by atoms with Gasteiger partial charge >= 0.3 is 5.97 Å². The highest BCUT2D eigenvalue weighted by atomic mass is 16.4. The van der Waals surface area contributed by atoms with E-state index in [0.29, 0.717) is 13.1 Å². The van der Waals surface area contributed by atoms with Gasteiger partial charge in [-0.15, -0.1) is 0 Å². The molecule has 1 N–H and O–H groups in total. The number of aryl methyl sites for hydroxylation is 1. The van der Waals surface area contributed by atoms with Crippen molar-refractivity contribution in [3.63, 3.8) is 0 Å². The molecule has 1 aliphatic heterocycles. The second-order valence-electron chi connectivity index (χ2n) is 5.28. The maximum atomic E-state index is 11.7. The molecule has 5 nitrogen and oxygen atoms in total. The van der Waals surface area contributed by atoms with Crippen LogP contribution in [0.15, 0.2) is 6.07 Å². The van der Waals surface area contributed by atoms with Crippen LogP contribution in [0.3, 0.4) is 0 Å². The Hall–Kier alpha value is -1.78. The average Bonchev–Trinajstić information content (AvgIpc) is 2.83. The average molecular weight is 264 g/mol. The number of rotatable bonds is 4. The molecule has 0 aromatic carbocycles. The summed E-state index contributed by atoms with van der Waals surface area (Å²) in [6.07, 6.45) is 0.924. The van der Waals surface area contributed by atoms with Crippen LogP contribution in [0.1, 0.15) is 23.4 Å². The van der Waals surface area contributed by atoms with Crippen LogP contribution < -0.4 is 0 Å². The number of hydrogen-bond acceptors (Lipinski definition) is 2. The number of likely N-dealkylation sites (tertiary alicyclic amines) is 1. The summed E-state index contributed by atoms with van der Waals surface area (Å²) in [5, 5.41) is 8.94. The largest absolute Gasteiger partial charge is 0.481 e. The molecule has 0 aliphatic carbocycles. The fraction of sp³-hybridized carbons (Fsp3) is 0.571. The lowest BCUT2D eigenvalue weighted by Crippen LogP contribution is -2.28. The second-order valence-corrected chi connectivity index (χ2v) is 5.28. The highest BCUT2D eigenvalue weighted by Gasteiger charge is 2.33. The van der Waals surface area contributed by atoms with Crippen molar-refractivity contribution in [1.82, 2.24) is 9.47 Å². The lowest BCUT2D eigenvalue weighted by Gasteiger charge is -2.15. The number of hydrogen-bond donors (Lipinski definition) is 1. The third-order valence-electron chi connectivity index (χ3n) is 4.09. The van der Waals surface area contributed by atoms with Gasteiger partial charge in [0, 0.05) is 37.9 Å². The predicted octanol–water partition coefficient (Wildman–Crippen LogP) is 1.12. The molecule has 2 heterocycles. The van der Waals surface area contributed by atoms with Crippen molar-refractivity contribution in [1.29, 1.82) is 0 Å².